The normalized spacial score (nSPS) is 24.4. The SMILES string of the molecule is COc1ccc(N(C(=O)[C@@H]2CC[C@H](C(=O)O)C2)C(C)C2CC2)cc1. The summed E-state index contributed by atoms with van der Waals surface area (Å²) in [7, 11) is 1.62. The second-order valence-electron chi connectivity index (χ2n) is 7.03. The van der Waals surface area contributed by atoms with Gasteiger partial charge in [-0.3, -0.25) is 9.59 Å². The first-order valence-electron chi connectivity index (χ1n) is 8.71. The highest BCUT2D eigenvalue weighted by molar-refractivity contribution is 5.96. The van der Waals surface area contributed by atoms with Crippen molar-refractivity contribution in [3.63, 3.8) is 0 Å². The van der Waals surface area contributed by atoms with Gasteiger partial charge in [-0.05, 0) is 69.2 Å². The molecule has 2 saturated carbocycles. The number of carbonyl (C=O) groups excluding carboxylic acids is 1. The van der Waals surface area contributed by atoms with Gasteiger partial charge in [0.2, 0.25) is 5.91 Å². The molecule has 3 atom stereocenters. The van der Waals surface area contributed by atoms with Gasteiger partial charge < -0.3 is 14.7 Å². The molecule has 0 aromatic heterocycles. The number of rotatable bonds is 6. The molecule has 5 heteroatoms. The van der Waals surface area contributed by atoms with Gasteiger partial charge in [-0.1, -0.05) is 0 Å². The first kappa shape index (κ1) is 16.8. The zero-order valence-electron chi connectivity index (χ0n) is 14.3. The number of benzene rings is 1. The van der Waals surface area contributed by atoms with E-state index in [0.29, 0.717) is 25.2 Å². The number of hydrogen-bond donors (Lipinski definition) is 1. The van der Waals surface area contributed by atoms with Gasteiger partial charge in [0.15, 0.2) is 0 Å². The predicted octanol–water partition coefficient (Wildman–Crippen LogP) is 3.33. The summed E-state index contributed by atoms with van der Waals surface area (Å²) in [6.07, 6.45) is 4.03. The minimum Gasteiger partial charge on any atom is -0.497 e. The lowest BCUT2D eigenvalue weighted by molar-refractivity contribution is -0.141. The number of methoxy groups -OCH3 is 1. The van der Waals surface area contributed by atoms with Crippen LogP contribution in [-0.2, 0) is 9.59 Å². The van der Waals surface area contributed by atoms with Crippen molar-refractivity contribution >= 4 is 17.6 Å². The second-order valence-corrected chi connectivity index (χ2v) is 7.03. The summed E-state index contributed by atoms with van der Waals surface area (Å²) in [5.41, 5.74) is 0.874. The van der Waals surface area contributed by atoms with Crippen LogP contribution in [0, 0.1) is 17.8 Å². The van der Waals surface area contributed by atoms with Crippen molar-refractivity contribution in [2.75, 3.05) is 12.0 Å². The van der Waals surface area contributed by atoms with Crippen molar-refractivity contribution in [1.29, 1.82) is 0 Å². The summed E-state index contributed by atoms with van der Waals surface area (Å²) >= 11 is 0. The Morgan fingerprint density at radius 1 is 1.12 bits per heavy atom. The van der Waals surface area contributed by atoms with Crippen LogP contribution in [0.3, 0.4) is 0 Å². The Morgan fingerprint density at radius 3 is 2.25 bits per heavy atom. The fraction of sp³-hybridized carbons (Fsp3) is 0.579. The Balaban J connectivity index is 1.81. The highest BCUT2D eigenvalue weighted by Gasteiger charge is 2.40. The van der Waals surface area contributed by atoms with Crippen LogP contribution in [0.5, 0.6) is 5.75 Å². The van der Waals surface area contributed by atoms with Gasteiger partial charge >= 0.3 is 5.97 Å². The van der Waals surface area contributed by atoms with Crippen LogP contribution in [0.15, 0.2) is 24.3 Å². The smallest absolute Gasteiger partial charge is 0.306 e. The maximum atomic E-state index is 13.1. The quantitative estimate of drug-likeness (QED) is 0.868. The van der Waals surface area contributed by atoms with Gasteiger partial charge in [0.25, 0.3) is 0 Å². The molecule has 1 N–H and O–H groups in total. The fourth-order valence-corrected chi connectivity index (χ4v) is 3.72. The third-order valence-corrected chi connectivity index (χ3v) is 5.43. The van der Waals surface area contributed by atoms with Crippen molar-refractivity contribution in [1.82, 2.24) is 0 Å². The van der Waals surface area contributed by atoms with Gasteiger partial charge in [-0.25, -0.2) is 0 Å². The number of aliphatic carboxylic acids is 1. The first-order valence-corrected chi connectivity index (χ1v) is 8.71. The molecule has 1 unspecified atom stereocenters. The number of carbonyl (C=O) groups is 2. The van der Waals surface area contributed by atoms with Crippen LogP contribution in [0.2, 0.25) is 0 Å². The van der Waals surface area contributed by atoms with Gasteiger partial charge in [-0.2, -0.15) is 0 Å². The number of anilines is 1. The first-order chi connectivity index (χ1) is 11.5. The van der Waals surface area contributed by atoms with Crippen molar-refractivity contribution in [2.24, 2.45) is 17.8 Å². The third-order valence-electron chi connectivity index (χ3n) is 5.43. The number of hydrogen-bond acceptors (Lipinski definition) is 3. The van der Waals surface area contributed by atoms with E-state index in [1.165, 1.54) is 0 Å². The number of nitrogens with zero attached hydrogens (tertiary/aromatic N) is 1. The van der Waals surface area contributed by atoms with Crippen LogP contribution < -0.4 is 9.64 Å². The summed E-state index contributed by atoms with van der Waals surface area (Å²) in [4.78, 5) is 26.2. The van der Waals surface area contributed by atoms with Crippen molar-refractivity contribution in [2.45, 2.75) is 45.1 Å². The van der Waals surface area contributed by atoms with Gasteiger partial charge in [-0.15, -0.1) is 0 Å². The van der Waals surface area contributed by atoms with Crippen LogP contribution in [0.4, 0.5) is 5.69 Å². The Kier molecular flexibility index (Phi) is 4.78. The third kappa shape index (κ3) is 3.40. The second kappa shape index (κ2) is 6.83. The molecule has 1 amide bonds. The summed E-state index contributed by atoms with van der Waals surface area (Å²) in [5.74, 6) is 0.0342. The minimum atomic E-state index is -0.781. The lowest BCUT2D eigenvalue weighted by atomic mass is 10.0. The molecule has 2 fully saturated rings. The standard InChI is InChI=1S/C19H25NO4/c1-12(13-3-4-13)20(16-7-9-17(24-2)10-8-16)18(21)14-5-6-15(11-14)19(22)23/h7-10,12-15H,3-6,11H2,1-2H3,(H,22,23)/t12?,14-,15+/m1/s1. The topological polar surface area (TPSA) is 66.8 Å². The molecule has 0 heterocycles. The molecule has 2 aliphatic carbocycles. The maximum absolute atomic E-state index is 13.1. The van der Waals surface area contributed by atoms with E-state index in [0.717, 1.165) is 24.3 Å². The summed E-state index contributed by atoms with van der Waals surface area (Å²) < 4.78 is 5.20. The molecule has 2 aliphatic rings. The zero-order chi connectivity index (χ0) is 17.3. The van der Waals surface area contributed by atoms with Gasteiger partial charge in [0, 0.05) is 17.6 Å². The largest absolute Gasteiger partial charge is 0.497 e. The minimum absolute atomic E-state index is 0.0725. The van der Waals surface area contributed by atoms with Gasteiger partial charge in [0.1, 0.15) is 5.75 Å². The van der Waals surface area contributed by atoms with Crippen molar-refractivity contribution in [3.05, 3.63) is 24.3 Å². The summed E-state index contributed by atoms with van der Waals surface area (Å²) in [5, 5.41) is 9.19. The average Bonchev–Trinajstić information content (AvgIpc) is 3.31. The maximum Gasteiger partial charge on any atom is 0.306 e. The van der Waals surface area contributed by atoms with E-state index in [1.54, 1.807) is 7.11 Å². The van der Waals surface area contributed by atoms with E-state index in [1.807, 2.05) is 29.2 Å². The lowest BCUT2D eigenvalue weighted by Gasteiger charge is -2.32. The molecule has 24 heavy (non-hydrogen) atoms. The van der Waals surface area contributed by atoms with E-state index >= 15 is 0 Å². The monoisotopic (exact) mass is 331 g/mol. The Morgan fingerprint density at radius 2 is 1.75 bits per heavy atom. The molecular formula is C19H25NO4. The molecule has 0 saturated heterocycles. The van der Waals surface area contributed by atoms with Crippen LogP contribution >= 0.6 is 0 Å². The van der Waals surface area contributed by atoms with E-state index in [-0.39, 0.29) is 23.8 Å². The molecule has 0 spiro atoms. The van der Waals surface area contributed by atoms with Crippen molar-refractivity contribution in [3.8, 4) is 5.75 Å². The molecule has 1 aromatic carbocycles. The van der Waals surface area contributed by atoms with Crippen LogP contribution in [0.25, 0.3) is 0 Å². The molecule has 0 bridgehead atoms. The van der Waals surface area contributed by atoms with E-state index < -0.39 is 5.97 Å². The highest BCUT2D eigenvalue weighted by Crippen LogP contribution is 2.40. The molecule has 5 nitrogen and oxygen atoms in total. The number of ether oxygens (including phenoxy) is 1. The molecule has 130 valence electrons. The molecule has 3 rings (SSSR count). The Labute approximate surface area is 142 Å². The molecule has 0 aliphatic heterocycles. The fourth-order valence-electron chi connectivity index (χ4n) is 3.72. The number of carboxylic acids is 1. The summed E-state index contributed by atoms with van der Waals surface area (Å²) in [6.45, 7) is 2.10. The van der Waals surface area contributed by atoms with Crippen LogP contribution in [0.1, 0.15) is 39.0 Å². The number of amides is 1. The molecular weight excluding hydrogens is 306 g/mol. The Hall–Kier alpha value is -2.04. The van der Waals surface area contributed by atoms with E-state index in [4.69, 9.17) is 4.74 Å². The van der Waals surface area contributed by atoms with E-state index in [2.05, 4.69) is 6.92 Å². The highest BCUT2D eigenvalue weighted by atomic mass is 16.5. The predicted molar refractivity (Wildman–Crippen MR) is 91.1 cm³/mol. The van der Waals surface area contributed by atoms with Crippen LogP contribution in [-0.4, -0.2) is 30.1 Å². The Bertz CT molecular complexity index is 608. The van der Waals surface area contributed by atoms with E-state index in [9.17, 15) is 14.7 Å². The lowest BCUT2D eigenvalue weighted by Crippen LogP contribution is -2.43. The summed E-state index contributed by atoms with van der Waals surface area (Å²) in [6, 6.07) is 7.71. The average molecular weight is 331 g/mol. The molecule has 1 aromatic rings. The van der Waals surface area contributed by atoms with Gasteiger partial charge in [0.05, 0.1) is 13.0 Å². The molecule has 0 radical (unpaired) electrons. The zero-order valence-corrected chi connectivity index (χ0v) is 14.3. The van der Waals surface area contributed by atoms with Crippen molar-refractivity contribution < 1.29 is 19.4 Å². The number of carboxylic acid groups (broad SMARTS) is 1.